The smallest absolute Gasteiger partial charge is 0.267 e. The SMILES string of the molecule is COc1cc(NC(=O)c2cnc(NC3CCC(O)CC3)s2)cc(OC)c1OC. The molecule has 1 saturated carbocycles. The summed E-state index contributed by atoms with van der Waals surface area (Å²) < 4.78 is 15.9. The third-order valence-electron chi connectivity index (χ3n) is 4.68. The third-order valence-corrected chi connectivity index (χ3v) is 5.60. The number of carbonyl (C=O) groups is 1. The lowest BCUT2D eigenvalue weighted by Crippen LogP contribution is -2.28. The molecule has 1 fully saturated rings. The first-order chi connectivity index (χ1) is 13.5. The summed E-state index contributed by atoms with van der Waals surface area (Å²) in [6.07, 6.45) is 4.73. The molecular formula is C19H25N3O5S. The Kier molecular flexibility index (Phi) is 6.58. The van der Waals surface area contributed by atoms with Gasteiger partial charge in [0.2, 0.25) is 5.75 Å². The molecule has 9 heteroatoms. The molecule has 152 valence electrons. The molecule has 28 heavy (non-hydrogen) atoms. The molecule has 1 amide bonds. The van der Waals surface area contributed by atoms with Crippen LogP contribution in [-0.4, -0.2) is 49.5 Å². The van der Waals surface area contributed by atoms with Crippen molar-refractivity contribution in [2.24, 2.45) is 0 Å². The number of methoxy groups -OCH3 is 3. The Labute approximate surface area is 167 Å². The fraction of sp³-hybridized carbons (Fsp3) is 0.474. The summed E-state index contributed by atoms with van der Waals surface area (Å²) in [6.45, 7) is 0. The van der Waals surface area contributed by atoms with Crippen LogP contribution in [0, 0.1) is 0 Å². The predicted molar refractivity (Wildman–Crippen MR) is 108 cm³/mol. The van der Waals surface area contributed by atoms with Crippen molar-refractivity contribution in [1.82, 2.24) is 4.98 Å². The Bertz CT molecular complexity index is 793. The van der Waals surface area contributed by atoms with E-state index in [9.17, 15) is 9.90 Å². The van der Waals surface area contributed by atoms with E-state index in [1.807, 2.05) is 0 Å². The Morgan fingerprint density at radius 1 is 1.11 bits per heavy atom. The maximum absolute atomic E-state index is 12.6. The molecule has 8 nitrogen and oxygen atoms in total. The summed E-state index contributed by atoms with van der Waals surface area (Å²) in [5.74, 6) is 1.12. The standard InChI is InChI=1S/C19H25N3O5S/c1-25-14-8-12(9-15(26-2)17(14)27-3)21-18(24)16-10-20-19(28-16)22-11-4-6-13(23)7-5-11/h8-11,13,23H,4-7H2,1-3H3,(H,20,22)(H,21,24). The van der Waals surface area contributed by atoms with Gasteiger partial charge < -0.3 is 30.0 Å². The fourth-order valence-corrected chi connectivity index (χ4v) is 3.97. The number of aliphatic hydroxyl groups excluding tert-OH is 1. The van der Waals surface area contributed by atoms with Gasteiger partial charge in [0.05, 0.1) is 33.6 Å². The number of anilines is 2. The van der Waals surface area contributed by atoms with Crippen molar-refractivity contribution in [3.05, 3.63) is 23.2 Å². The molecule has 1 aromatic carbocycles. The summed E-state index contributed by atoms with van der Waals surface area (Å²) in [5, 5.41) is 16.5. The van der Waals surface area contributed by atoms with Gasteiger partial charge >= 0.3 is 0 Å². The zero-order valence-corrected chi connectivity index (χ0v) is 17.0. The van der Waals surface area contributed by atoms with Gasteiger partial charge in [-0.1, -0.05) is 11.3 Å². The quantitative estimate of drug-likeness (QED) is 0.648. The van der Waals surface area contributed by atoms with Crippen molar-refractivity contribution >= 4 is 28.1 Å². The molecule has 0 aliphatic heterocycles. The number of ether oxygens (including phenoxy) is 3. The number of aliphatic hydroxyl groups is 1. The Morgan fingerprint density at radius 2 is 1.75 bits per heavy atom. The van der Waals surface area contributed by atoms with E-state index >= 15 is 0 Å². The van der Waals surface area contributed by atoms with Crippen LogP contribution in [0.1, 0.15) is 35.4 Å². The second-order valence-corrected chi connectivity index (χ2v) is 7.58. The number of nitrogens with zero attached hydrogens (tertiary/aromatic N) is 1. The largest absolute Gasteiger partial charge is 0.493 e. The van der Waals surface area contributed by atoms with E-state index in [-0.39, 0.29) is 18.1 Å². The number of rotatable bonds is 7. The van der Waals surface area contributed by atoms with Crippen LogP contribution < -0.4 is 24.8 Å². The van der Waals surface area contributed by atoms with Crippen LogP contribution in [0.2, 0.25) is 0 Å². The number of carbonyl (C=O) groups excluding carboxylic acids is 1. The number of aromatic nitrogens is 1. The van der Waals surface area contributed by atoms with Crippen molar-refractivity contribution in [2.45, 2.75) is 37.8 Å². The molecule has 0 bridgehead atoms. The van der Waals surface area contributed by atoms with Gasteiger partial charge in [0.1, 0.15) is 4.88 Å². The molecule has 0 atom stereocenters. The molecule has 1 aromatic heterocycles. The van der Waals surface area contributed by atoms with E-state index in [1.54, 1.807) is 18.3 Å². The van der Waals surface area contributed by atoms with Crippen molar-refractivity contribution in [2.75, 3.05) is 32.0 Å². The van der Waals surface area contributed by atoms with Gasteiger partial charge in [0.25, 0.3) is 5.91 Å². The zero-order chi connectivity index (χ0) is 20.1. The number of thiazole rings is 1. The first-order valence-electron chi connectivity index (χ1n) is 9.05. The number of benzene rings is 1. The van der Waals surface area contributed by atoms with Gasteiger partial charge in [-0.25, -0.2) is 4.98 Å². The average molecular weight is 407 g/mol. The van der Waals surface area contributed by atoms with Crippen molar-refractivity contribution in [3.8, 4) is 17.2 Å². The molecule has 0 unspecified atom stereocenters. The Balaban J connectivity index is 1.67. The van der Waals surface area contributed by atoms with Crippen molar-refractivity contribution in [1.29, 1.82) is 0 Å². The Morgan fingerprint density at radius 3 is 2.32 bits per heavy atom. The number of hydrogen-bond acceptors (Lipinski definition) is 8. The number of hydrogen-bond donors (Lipinski definition) is 3. The van der Waals surface area contributed by atoms with Gasteiger partial charge in [0.15, 0.2) is 16.6 Å². The molecular weight excluding hydrogens is 382 g/mol. The molecule has 0 radical (unpaired) electrons. The molecule has 1 aliphatic rings. The molecule has 3 rings (SSSR count). The molecule has 0 saturated heterocycles. The lowest BCUT2D eigenvalue weighted by atomic mass is 9.93. The molecule has 1 aliphatic carbocycles. The fourth-order valence-electron chi connectivity index (χ4n) is 3.19. The van der Waals surface area contributed by atoms with Gasteiger partial charge in [0, 0.05) is 23.9 Å². The highest BCUT2D eigenvalue weighted by molar-refractivity contribution is 7.17. The minimum Gasteiger partial charge on any atom is -0.493 e. The summed E-state index contributed by atoms with van der Waals surface area (Å²) >= 11 is 1.30. The Hall–Kier alpha value is -2.52. The molecule has 1 heterocycles. The van der Waals surface area contributed by atoms with Crippen LogP contribution in [0.3, 0.4) is 0 Å². The van der Waals surface area contributed by atoms with Crippen LogP contribution in [0.4, 0.5) is 10.8 Å². The molecule has 0 spiro atoms. The van der Waals surface area contributed by atoms with E-state index in [0.717, 1.165) is 25.7 Å². The van der Waals surface area contributed by atoms with Crippen LogP contribution in [-0.2, 0) is 0 Å². The van der Waals surface area contributed by atoms with E-state index in [0.29, 0.717) is 32.9 Å². The van der Waals surface area contributed by atoms with Gasteiger partial charge in [-0.05, 0) is 25.7 Å². The summed E-state index contributed by atoms with van der Waals surface area (Å²) in [5.41, 5.74) is 0.531. The van der Waals surface area contributed by atoms with Gasteiger partial charge in [-0.2, -0.15) is 0 Å². The van der Waals surface area contributed by atoms with E-state index in [2.05, 4.69) is 15.6 Å². The first kappa shape index (κ1) is 20.2. The van der Waals surface area contributed by atoms with Crippen molar-refractivity contribution in [3.63, 3.8) is 0 Å². The van der Waals surface area contributed by atoms with Crippen LogP contribution in [0.15, 0.2) is 18.3 Å². The van der Waals surface area contributed by atoms with E-state index < -0.39 is 0 Å². The zero-order valence-electron chi connectivity index (χ0n) is 16.2. The number of nitrogens with one attached hydrogen (secondary N) is 2. The van der Waals surface area contributed by atoms with Gasteiger partial charge in [-0.3, -0.25) is 4.79 Å². The minimum absolute atomic E-state index is 0.200. The summed E-state index contributed by atoms with van der Waals surface area (Å²) in [6, 6.07) is 3.63. The van der Waals surface area contributed by atoms with Crippen LogP contribution in [0.5, 0.6) is 17.2 Å². The minimum atomic E-state index is -0.265. The predicted octanol–water partition coefficient (Wildman–Crippen LogP) is 3.14. The number of amides is 1. The normalized spacial score (nSPS) is 19.0. The second kappa shape index (κ2) is 9.11. The maximum atomic E-state index is 12.6. The molecule has 3 N–H and O–H groups in total. The lowest BCUT2D eigenvalue weighted by Gasteiger charge is -2.25. The van der Waals surface area contributed by atoms with Gasteiger partial charge in [-0.15, -0.1) is 0 Å². The van der Waals surface area contributed by atoms with Crippen LogP contribution >= 0.6 is 11.3 Å². The highest BCUT2D eigenvalue weighted by atomic mass is 32.1. The topological polar surface area (TPSA) is 102 Å². The van der Waals surface area contributed by atoms with Crippen LogP contribution in [0.25, 0.3) is 0 Å². The monoisotopic (exact) mass is 407 g/mol. The summed E-state index contributed by atoms with van der Waals surface area (Å²) in [7, 11) is 4.57. The third kappa shape index (κ3) is 4.66. The maximum Gasteiger partial charge on any atom is 0.267 e. The highest BCUT2D eigenvalue weighted by Crippen LogP contribution is 2.40. The highest BCUT2D eigenvalue weighted by Gasteiger charge is 2.21. The van der Waals surface area contributed by atoms with Crippen molar-refractivity contribution < 1.29 is 24.1 Å². The first-order valence-corrected chi connectivity index (χ1v) is 9.87. The second-order valence-electron chi connectivity index (χ2n) is 6.55. The van der Waals surface area contributed by atoms with E-state index in [1.165, 1.54) is 32.7 Å². The lowest BCUT2D eigenvalue weighted by molar-refractivity contribution is 0.103. The average Bonchev–Trinajstić information content (AvgIpc) is 3.17. The van der Waals surface area contributed by atoms with E-state index in [4.69, 9.17) is 14.2 Å². The molecule has 2 aromatic rings. The summed E-state index contributed by atoms with van der Waals surface area (Å²) in [4.78, 5) is 17.4.